The number of aliphatic hydroxyl groups is 1. The molecule has 33 heavy (non-hydrogen) atoms. The Morgan fingerprint density at radius 1 is 0.939 bits per heavy atom. The summed E-state index contributed by atoms with van der Waals surface area (Å²) in [5, 5.41) is 13.9. The maximum Gasteiger partial charge on any atom is 0.410 e. The molecule has 4 aromatic rings. The fraction of sp³-hybridized carbons (Fsp3) is 0.296. The SMILES string of the molecule is O=C(OCc1ccccc1)N1C2COCC1CC(O)(c1cccc3c1oc1ccccc13)C2. The average Bonchev–Trinajstić information content (AvgIpc) is 3.21. The third-order valence-electron chi connectivity index (χ3n) is 6.88. The third kappa shape index (κ3) is 3.46. The fourth-order valence-electron chi connectivity index (χ4n) is 5.40. The van der Waals surface area contributed by atoms with Gasteiger partial charge in [-0.1, -0.05) is 66.7 Å². The molecule has 1 amide bonds. The van der Waals surface area contributed by atoms with Gasteiger partial charge in [0.1, 0.15) is 17.8 Å². The number of rotatable bonds is 3. The summed E-state index contributed by atoms with van der Waals surface area (Å²) in [5.41, 5.74) is 2.10. The zero-order valence-electron chi connectivity index (χ0n) is 18.1. The summed E-state index contributed by atoms with van der Waals surface area (Å²) in [6.45, 7) is 0.962. The number of piperidine rings is 1. The smallest absolute Gasteiger partial charge is 0.410 e. The van der Waals surface area contributed by atoms with Crippen LogP contribution < -0.4 is 0 Å². The molecule has 6 nitrogen and oxygen atoms in total. The number of carbonyl (C=O) groups excluding carboxylic acids is 1. The standard InChI is InChI=1S/C27H25NO5/c29-26(32-15-18-7-2-1-3-8-18)28-19-13-27(30,14-20(28)17-31-16-19)23-11-6-10-22-21-9-4-5-12-24(21)33-25(22)23/h1-12,19-20,30H,13-17H2. The highest BCUT2D eigenvalue weighted by molar-refractivity contribution is 6.06. The second-order valence-corrected chi connectivity index (χ2v) is 9.01. The summed E-state index contributed by atoms with van der Waals surface area (Å²) < 4.78 is 17.6. The highest BCUT2D eigenvalue weighted by atomic mass is 16.6. The minimum atomic E-state index is -1.12. The van der Waals surface area contributed by atoms with Crippen LogP contribution in [0.2, 0.25) is 0 Å². The molecule has 6 heteroatoms. The molecule has 2 aliphatic heterocycles. The molecule has 2 atom stereocenters. The number of nitrogens with zero attached hydrogens (tertiary/aromatic N) is 1. The predicted octanol–water partition coefficient (Wildman–Crippen LogP) is 4.97. The van der Waals surface area contributed by atoms with E-state index in [2.05, 4.69) is 0 Å². The second kappa shape index (κ2) is 7.90. The van der Waals surface area contributed by atoms with Crippen molar-refractivity contribution >= 4 is 28.0 Å². The zero-order valence-corrected chi connectivity index (χ0v) is 18.1. The van der Waals surface area contributed by atoms with Crippen LogP contribution in [0.3, 0.4) is 0 Å². The monoisotopic (exact) mass is 443 g/mol. The lowest BCUT2D eigenvalue weighted by Crippen LogP contribution is -2.62. The van der Waals surface area contributed by atoms with Crippen molar-refractivity contribution in [2.75, 3.05) is 13.2 Å². The molecule has 1 N–H and O–H groups in total. The highest BCUT2D eigenvalue weighted by Gasteiger charge is 2.50. The Morgan fingerprint density at radius 2 is 1.64 bits per heavy atom. The first kappa shape index (κ1) is 20.3. The van der Waals surface area contributed by atoms with Crippen molar-refractivity contribution in [3.8, 4) is 0 Å². The normalized spacial score (nSPS) is 24.8. The lowest BCUT2D eigenvalue weighted by Gasteiger charge is -2.50. The summed E-state index contributed by atoms with van der Waals surface area (Å²) in [6.07, 6.45) is 0.362. The Morgan fingerprint density at radius 3 is 2.42 bits per heavy atom. The molecule has 0 spiro atoms. The summed E-state index contributed by atoms with van der Waals surface area (Å²) >= 11 is 0. The quantitative estimate of drug-likeness (QED) is 0.484. The van der Waals surface area contributed by atoms with E-state index in [4.69, 9.17) is 13.9 Å². The van der Waals surface area contributed by atoms with Crippen LogP contribution in [-0.2, 0) is 21.7 Å². The molecule has 2 saturated heterocycles. The van der Waals surface area contributed by atoms with Gasteiger partial charge in [-0.15, -0.1) is 0 Å². The number of carbonyl (C=O) groups is 1. The zero-order chi connectivity index (χ0) is 22.4. The van der Waals surface area contributed by atoms with E-state index in [9.17, 15) is 9.90 Å². The Hall–Kier alpha value is -3.35. The number of ether oxygens (including phenoxy) is 2. The van der Waals surface area contributed by atoms with Crippen LogP contribution in [0, 0.1) is 0 Å². The van der Waals surface area contributed by atoms with Gasteiger partial charge in [-0.25, -0.2) is 4.79 Å². The lowest BCUT2D eigenvalue weighted by atomic mass is 9.76. The van der Waals surface area contributed by atoms with E-state index in [1.54, 1.807) is 4.90 Å². The first-order chi connectivity index (χ1) is 16.1. The van der Waals surface area contributed by atoms with Gasteiger partial charge in [-0.2, -0.15) is 0 Å². The van der Waals surface area contributed by atoms with Crippen molar-refractivity contribution in [2.24, 2.45) is 0 Å². The Balaban J connectivity index is 1.29. The molecular weight excluding hydrogens is 418 g/mol. The Kier molecular flexibility index (Phi) is 4.85. The van der Waals surface area contributed by atoms with Gasteiger partial charge in [0.15, 0.2) is 0 Å². The Labute approximate surface area is 191 Å². The number of benzene rings is 3. The molecule has 0 radical (unpaired) electrons. The van der Waals surface area contributed by atoms with Crippen LogP contribution in [0.5, 0.6) is 0 Å². The summed E-state index contributed by atoms with van der Waals surface area (Å²) in [7, 11) is 0. The molecule has 168 valence electrons. The number of furan rings is 1. The second-order valence-electron chi connectivity index (χ2n) is 9.01. The number of para-hydroxylation sites is 2. The fourth-order valence-corrected chi connectivity index (χ4v) is 5.40. The van der Waals surface area contributed by atoms with Crippen molar-refractivity contribution < 1.29 is 23.8 Å². The van der Waals surface area contributed by atoms with Gasteiger partial charge in [0, 0.05) is 29.2 Å². The van der Waals surface area contributed by atoms with Gasteiger partial charge in [0.25, 0.3) is 0 Å². The van der Waals surface area contributed by atoms with Crippen LogP contribution in [0.4, 0.5) is 4.79 Å². The molecule has 2 aliphatic rings. The van der Waals surface area contributed by atoms with E-state index < -0.39 is 5.60 Å². The van der Waals surface area contributed by atoms with Gasteiger partial charge in [0.05, 0.1) is 30.9 Å². The molecule has 0 aliphatic carbocycles. The van der Waals surface area contributed by atoms with Crippen molar-refractivity contribution in [3.05, 3.63) is 83.9 Å². The number of amides is 1. The van der Waals surface area contributed by atoms with Crippen molar-refractivity contribution in [1.82, 2.24) is 4.90 Å². The number of hydrogen-bond donors (Lipinski definition) is 1. The molecule has 2 fully saturated rings. The van der Waals surface area contributed by atoms with E-state index in [0.717, 1.165) is 27.5 Å². The lowest BCUT2D eigenvalue weighted by molar-refractivity contribution is -0.136. The summed E-state index contributed by atoms with van der Waals surface area (Å²) in [4.78, 5) is 14.8. The minimum Gasteiger partial charge on any atom is -0.456 e. The van der Waals surface area contributed by atoms with Crippen molar-refractivity contribution in [3.63, 3.8) is 0 Å². The third-order valence-corrected chi connectivity index (χ3v) is 6.88. The predicted molar refractivity (Wildman–Crippen MR) is 124 cm³/mol. The van der Waals surface area contributed by atoms with E-state index in [0.29, 0.717) is 31.6 Å². The van der Waals surface area contributed by atoms with Crippen molar-refractivity contribution in [2.45, 2.75) is 37.1 Å². The number of hydrogen-bond acceptors (Lipinski definition) is 5. The van der Waals surface area contributed by atoms with E-state index in [-0.39, 0.29) is 24.8 Å². The van der Waals surface area contributed by atoms with Gasteiger partial charge >= 0.3 is 6.09 Å². The van der Waals surface area contributed by atoms with Gasteiger partial charge < -0.3 is 19.0 Å². The van der Waals surface area contributed by atoms with Crippen LogP contribution in [0.15, 0.2) is 77.2 Å². The van der Waals surface area contributed by atoms with Crippen LogP contribution >= 0.6 is 0 Å². The molecule has 6 rings (SSSR count). The van der Waals surface area contributed by atoms with Crippen LogP contribution in [0.25, 0.3) is 21.9 Å². The Bertz CT molecular complexity index is 1300. The average molecular weight is 443 g/mol. The van der Waals surface area contributed by atoms with Gasteiger partial charge in [0.2, 0.25) is 0 Å². The molecule has 0 saturated carbocycles. The minimum absolute atomic E-state index is 0.221. The first-order valence-electron chi connectivity index (χ1n) is 11.3. The molecule has 3 aromatic carbocycles. The van der Waals surface area contributed by atoms with E-state index in [1.165, 1.54) is 0 Å². The summed E-state index contributed by atoms with van der Waals surface area (Å²) in [5.74, 6) is 0. The molecule has 2 bridgehead atoms. The maximum absolute atomic E-state index is 13.0. The van der Waals surface area contributed by atoms with E-state index in [1.807, 2.05) is 72.8 Å². The maximum atomic E-state index is 13.0. The molecule has 1 aromatic heterocycles. The largest absolute Gasteiger partial charge is 0.456 e. The first-order valence-corrected chi connectivity index (χ1v) is 11.3. The topological polar surface area (TPSA) is 72.1 Å². The van der Waals surface area contributed by atoms with Crippen LogP contribution in [-0.4, -0.2) is 41.4 Å². The number of morpholine rings is 1. The highest BCUT2D eigenvalue weighted by Crippen LogP contribution is 2.45. The molecular formula is C27H25NO5. The number of fused-ring (bicyclic) bond motifs is 5. The van der Waals surface area contributed by atoms with Crippen molar-refractivity contribution in [1.29, 1.82) is 0 Å². The van der Waals surface area contributed by atoms with Gasteiger partial charge in [-0.3, -0.25) is 4.90 Å². The van der Waals surface area contributed by atoms with Gasteiger partial charge in [-0.05, 0) is 11.6 Å². The molecule has 3 heterocycles. The van der Waals surface area contributed by atoms with Crippen LogP contribution in [0.1, 0.15) is 24.0 Å². The molecule has 2 unspecified atom stereocenters. The van der Waals surface area contributed by atoms with E-state index >= 15 is 0 Å². The summed E-state index contributed by atoms with van der Waals surface area (Å²) in [6, 6.07) is 22.9.